The number of rotatable bonds is 7. The monoisotopic (exact) mass is 498 g/mol. The van der Waals surface area contributed by atoms with E-state index in [1.807, 2.05) is 43.5 Å². The van der Waals surface area contributed by atoms with Gasteiger partial charge in [0, 0.05) is 37.2 Å². The minimum atomic E-state index is -0.281. The van der Waals surface area contributed by atoms with Gasteiger partial charge in [0.25, 0.3) is 5.91 Å². The molecule has 2 aliphatic carbocycles. The number of benzene rings is 3. The average molecular weight is 499 g/mol. The highest BCUT2D eigenvalue weighted by atomic mass is 16.5. The van der Waals surface area contributed by atoms with Crippen molar-refractivity contribution in [3.63, 3.8) is 0 Å². The van der Waals surface area contributed by atoms with Gasteiger partial charge >= 0.3 is 0 Å². The van der Waals surface area contributed by atoms with Crippen LogP contribution in [0.15, 0.2) is 66.7 Å². The second-order valence-corrected chi connectivity index (χ2v) is 11.4. The number of nitrogens with zero attached hydrogens (tertiary/aromatic N) is 1. The highest BCUT2D eigenvalue weighted by Crippen LogP contribution is 2.54. The molecule has 0 bridgehead atoms. The van der Waals surface area contributed by atoms with Crippen LogP contribution >= 0.6 is 0 Å². The summed E-state index contributed by atoms with van der Waals surface area (Å²) in [5.41, 5.74) is 1.52. The summed E-state index contributed by atoms with van der Waals surface area (Å²) >= 11 is 0. The zero-order chi connectivity index (χ0) is 25.5. The van der Waals surface area contributed by atoms with Crippen LogP contribution in [-0.2, 0) is 10.2 Å². The Balaban J connectivity index is 1.29. The van der Waals surface area contributed by atoms with Gasteiger partial charge in [0.1, 0.15) is 5.75 Å². The van der Waals surface area contributed by atoms with Crippen LogP contribution in [-0.4, -0.2) is 56.3 Å². The lowest BCUT2D eigenvalue weighted by Crippen LogP contribution is -2.68. The number of likely N-dealkylation sites (tertiary alicyclic amines) is 1. The fraction of sp³-hybridized carbons (Fsp3) is 0.469. The van der Waals surface area contributed by atoms with E-state index in [1.165, 1.54) is 24.9 Å². The number of piperidine rings is 1. The standard InChI is InChI=1S/C32H38N2O3/c1-36-29-9-5-8-27(19-29)31-16-17-34(21-23-10-11-23)22-32(31,37-2)15-14-28(20-31)33-30(35)26-13-12-24-6-3-4-7-25(24)18-26/h3-9,12-13,18-19,23,28H,10-11,14-17,20-22H2,1-2H3,(H,33,35)/t28-,31+,32+/m1/s1. The Kier molecular flexibility index (Phi) is 6.46. The molecule has 194 valence electrons. The maximum Gasteiger partial charge on any atom is 0.251 e. The summed E-state index contributed by atoms with van der Waals surface area (Å²) in [4.78, 5) is 16.0. The summed E-state index contributed by atoms with van der Waals surface area (Å²) in [6, 6.07) is 22.8. The molecule has 5 nitrogen and oxygen atoms in total. The quantitative estimate of drug-likeness (QED) is 0.463. The highest BCUT2D eigenvalue weighted by Gasteiger charge is 2.59. The minimum Gasteiger partial charge on any atom is -0.497 e. The molecule has 6 rings (SSSR count). The summed E-state index contributed by atoms with van der Waals surface area (Å²) in [5.74, 6) is 1.74. The lowest BCUT2D eigenvalue weighted by atomic mass is 9.55. The topological polar surface area (TPSA) is 50.8 Å². The van der Waals surface area contributed by atoms with Gasteiger partial charge in [-0.1, -0.05) is 42.5 Å². The summed E-state index contributed by atoms with van der Waals surface area (Å²) in [6.07, 6.45) is 6.44. The molecular formula is C32H38N2O3. The van der Waals surface area contributed by atoms with E-state index in [1.54, 1.807) is 7.11 Å². The first-order valence-electron chi connectivity index (χ1n) is 13.8. The van der Waals surface area contributed by atoms with E-state index in [0.717, 1.165) is 66.8 Å². The zero-order valence-corrected chi connectivity index (χ0v) is 22.0. The fourth-order valence-corrected chi connectivity index (χ4v) is 7.06. The molecule has 3 atom stereocenters. The van der Waals surface area contributed by atoms with E-state index in [9.17, 15) is 4.79 Å². The fourth-order valence-electron chi connectivity index (χ4n) is 7.06. The molecule has 1 saturated heterocycles. The molecule has 2 saturated carbocycles. The third-order valence-corrected chi connectivity index (χ3v) is 9.27. The Hall–Kier alpha value is -2.89. The Morgan fingerprint density at radius 2 is 1.81 bits per heavy atom. The molecule has 0 aromatic heterocycles. The van der Waals surface area contributed by atoms with Crippen LogP contribution in [0, 0.1) is 5.92 Å². The number of nitrogens with one attached hydrogen (secondary N) is 1. The molecule has 37 heavy (non-hydrogen) atoms. The van der Waals surface area contributed by atoms with Gasteiger partial charge in [-0.2, -0.15) is 0 Å². The molecule has 1 aliphatic heterocycles. The molecule has 1 N–H and O–H groups in total. The maximum atomic E-state index is 13.4. The number of amides is 1. The van der Waals surface area contributed by atoms with Crippen molar-refractivity contribution in [2.75, 3.05) is 33.9 Å². The molecule has 0 unspecified atom stereocenters. The average Bonchev–Trinajstić information content (AvgIpc) is 3.76. The number of fused-ring (bicyclic) bond motifs is 2. The van der Waals surface area contributed by atoms with Crippen LogP contribution < -0.4 is 10.1 Å². The van der Waals surface area contributed by atoms with Gasteiger partial charge in [0.15, 0.2) is 0 Å². The Morgan fingerprint density at radius 3 is 2.59 bits per heavy atom. The van der Waals surface area contributed by atoms with Crippen LogP contribution in [0.2, 0.25) is 0 Å². The molecule has 3 aromatic rings. The van der Waals surface area contributed by atoms with Crippen molar-refractivity contribution in [1.29, 1.82) is 0 Å². The molecule has 1 heterocycles. The van der Waals surface area contributed by atoms with Crippen molar-refractivity contribution in [3.8, 4) is 5.75 Å². The van der Waals surface area contributed by atoms with E-state index >= 15 is 0 Å². The normalized spacial score (nSPS) is 28.0. The smallest absolute Gasteiger partial charge is 0.251 e. The molecular weight excluding hydrogens is 460 g/mol. The van der Waals surface area contributed by atoms with Crippen molar-refractivity contribution in [2.45, 2.75) is 55.6 Å². The van der Waals surface area contributed by atoms with Gasteiger partial charge in [-0.25, -0.2) is 0 Å². The first-order chi connectivity index (χ1) is 18.0. The molecule has 3 aliphatic rings. The van der Waals surface area contributed by atoms with Gasteiger partial charge in [0.2, 0.25) is 0 Å². The molecule has 0 radical (unpaired) electrons. The number of methoxy groups -OCH3 is 2. The Bertz CT molecular complexity index is 1290. The number of carbonyl (C=O) groups excluding carboxylic acids is 1. The molecule has 1 amide bonds. The van der Waals surface area contributed by atoms with Crippen molar-refractivity contribution in [2.24, 2.45) is 5.92 Å². The van der Waals surface area contributed by atoms with Crippen LogP contribution in [0.4, 0.5) is 0 Å². The van der Waals surface area contributed by atoms with Crippen LogP contribution in [0.1, 0.15) is 54.4 Å². The third-order valence-electron chi connectivity index (χ3n) is 9.27. The van der Waals surface area contributed by atoms with E-state index < -0.39 is 0 Å². The predicted octanol–water partition coefficient (Wildman–Crippen LogP) is 5.57. The SMILES string of the molecule is COc1cccc([C@@]23CCN(CC4CC4)C[C@@]2(OC)CC[C@@H](NC(=O)c2ccc4ccccc4c2)C3)c1. The van der Waals surface area contributed by atoms with Gasteiger partial charge in [-0.3, -0.25) is 4.79 Å². The zero-order valence-electron chi connectivity index (χ0n) is 22.0. The molecule has 0 spiro atoms. The van der Waals surface area contributed by atoms with Crippen molar-refractivity contribution >= 4 is 16.7 Å². The summed E-state index contributed by atoms with van der Waals surface area (Å²) in [7, 11) is 3.62. The molecule has 5 heteroatoms. The minimum absolute atomic E-state index is 0.00707. The first kappa shape index (κ1) is 24.4. The van der Waals surface area contributed by atoms with Crippen molar-refractivity contribution < 1.29 is 14.3 Å². The highest BCUT2D eigenvalue weighted by molar-refractivity contribution is 5.98. The lowest BCUT2D eigenvalue weighted by molar-refractivity contribution is -0.148. The number of ether oxygens (including phenoxy) is 2. The largest absolute Gasteiger partial charge is 0.497 e. The number of carbonyl (C=O) groups is 1. The van der Waals surface area contributed by atoms with Gasteiger partial charge < -0.3 is 19.7 Å². The van der Waals surface area contributed by atoms with Crippen LogP contribution in [0.25, 0.3) is 10.8 Å². The molecule has 3 fully saturated rings. The van der Waals surface area contributed by atoms with Gasteiger partial charge in [-0.05, 0) is 91.6 Å². The second-order valence-electron chi connectivity index (χ2n) is 11.4. The lowest BCUT2D eigenvalue weighted by Gasteiger charge is -2.60. The van der Waals surface area contributed by atoms with Gasteiger partial charge in [-0.15, -0.1) is 0 Å². The van der Waals surface area contributed by atoms with E-state index in [-0.39, 0.29) is 23.0 Å². The van der Waals surface area contributed by atoms with Crippen molar-refractivity contribution in [3.05, 3.63) is 77.9 Å². The maximum absolute atomic E-state index is 13.4. The van der Waals surface area contributed by atoms with E-state index in [2.05, 4.69) is 40.5 Å². The van der Waals surface area contributed by atoms with E-state index in [4.69, 9.17) is 9.47 Å². The summed E-state index contributed by atoms with van der Waals surface area (Å²) in [6.45, 7) is 3.19. The Morgan fingerprint density at radius 1 is 0.973 bits per heavy atom. The van der Waals surface area contributed by atoms with Crippen LogP contribution in [0.3, 0.4) is 0 Å². The van der Waals surface area contributed by atoms with Crippen LogP contribution in [0.5, 0.6) is 5.75 Å². The van der Waals surface area contributed by atoms with Crippen molar-refractivity contribution in [1.82, 2.24) is 10.2 Å². The summed E-state index contributed by atoms with van der Waals surface area (Å²) in [5, 5.41) is 5.65. The van der Waals surface area contributed by atoms with Gasteiger partial charge in [0.05, 0.1) is 12.7 Å². The first-order valence-corrected chi connectivity index (χ1v) is 13.8. The van der Waals surface area contributed by atoms with E-state index in [0.29, 0.717) is 0 Å². The number of hydrogen-bond acceptors (Lipinski definition) is 4. The Labute approximate surface area is 220 Å². The third kappa shape index (κ3) is 4.53. The molecule has 3 aromatic carbocycles. The second kappa shape index (κ2) is 9.77. The predicted molar refractivity (Wildman–Crippen MR) is 147 cm³/mol. The number of hydrogen-bond donors (Lipinski definition) is 1. The summed E-state index contributed by atoms with van der Waals surface area (Å²) < 4.78 is 12.2.